The fourth-order valence-corrected chi connectivity index (χ4v) is 3.25. The summed E-state index contributed by atoms with van der Waals surface area (Å²) in [7, 11) is 0. The van der Waals surface area contributed by atoms with Crippen molar-refractivity contribution in [3.63, 3.8) is 0 Å². The van der Waals surface area contributed by atoms with Crippen molar-refractivity contribution >= 4 is 23.1 Å². The number of fused-ring (bicyclic) bond motifs is 1. The Morgan fingerprint density at radius 2 is 1.65 bits per heavy atom. The number of nitrogens with one attached hydrogen (secondary N) is 2. The number of nitrogens with zero attached hydrogens (tertiary/aromatic N) is 3. The molecule has 2 aromatic heterocycles. The van der Waals surface area contributed by atoms with Crippen LogP contribution in [0.2, 0.25) is 0 Å². The van der Waals surface area contributed by atoms with E-state index in [9.17, 15) is 14.4 Å². The Morgan fingerprint density at radius 1 is 0.903 bits per heavy atom. The molecule has 0 atom stereocenters. The largest absolute Gasteiger partial charge is 0.352 e. The van der Waals surface area contributed by atoms with Crippen molar-refractivity contribution in [1.82, 2.24) is 19.5 Å². The highest BCUT2D eigenvalue weighted by Crippen LogP contribution is 2.15. The SMILES string of the molecule is O=C(Cn1nc2ccccn2c1=O)Nc1ccccc1C(=O)NCCc1ccccc1. The van der Waals surface area contributed by atoms with Crippen LogP contribution in [0, 0.1) is 0 Å². The van der Waals surface area contributed by atoms with Crippen LogP contribution in [0.5, 0.6) is 0 Å². The van der Waals surface area contributed by atoms with E-state index in [2.05, 4.69) is 15.7 Å². The maximum atomic E-state index is 12.6. The molecule has 8 heteroatoms. The maximum Gasteiger partial charge on any atom is 0.350 e. The lowest BCUT2D eigenvalue weighted by Crippen LogP contribution is -2.30. The molecule has 2 N–H and O–H groups in total. The Bertz CT molecular complexity index is 1280. The molecule has 0 radical (unpaired) electrons. The minimum Gasteiger partial charge on any atom is -0.352 e. The molecule has 2 amide bonds. The minimum atomic E-state index is -0.449. The van der Waals surface area contributed by atoms with Crippen LogP contribution in [0.1, 0.15) is 15.9 Å². The van der Waals surface area contributed by atoms with E-state index in [0.29, 0.717) is 29.9 Å². The van der Waals surface area contributed by atoms with Gasteiger partial charge in [-0.2, -0.15) is 0 Å². The lowest BCUT2D eigenvalue weighted by Gasteiger charge is -2.11. The van der Waals surface area contributed by atoms with Gasteiger partial charge >= 0.3 is 5.69 Å². The molecule has 0 saturated heterocycles. The first-order valence-corrected chi connectivity index (χ1v) is 9.87. The van der Waals surface area contributed by atoms with E-state index in [1.165, 1.54) is 4.40 Å². The third-order valence-corrected chi connectivity index (χ3v) is 4.77. The van der Waals surface area contributed by atoms with Crippen molar-refractivity contribution in [2.45, 2.75) is 13.0 Å². The smallest absolute Gasteiger partial charge is 0.350 e. The Balaban J connectivity index is 1.41. The summed E-state index contributed by atoms with van der Waals surface area (Å²) in [5.41, 5.74) is 1.91. The number of aromatic nitrogens is 3. The predicted molar refractivity (Wildman–Crippen MR) is 117 cm³/mol. The molecular formula is C23H21N5O3. The predicted octanol–water partition coefficient (Wildman–Crippen LogP) is 2.11. The quantitative estimate of drug-likeness (QED) is 0.483. The van der Waals surface area contributed by atoms with E-state index in [1.54, 1.807) is 48.7 Å². The second-order valence-electron chi connectivity index (χ2n) is 6.95. The Labute approximate surface area is 178 Å². The number of carbonyl (C=O) groups excluding carboxylic acids is 2. The summed E-state index contributed by atoms with van der Waals surface area (Å²) in [6, 6.07) is 21.8. The first kappa shape index (κ1) is 20.1. The van der Waals surface area contributed by atoms with Crippen LogP contribution in [-0.2, 0) is 17.8 Å². The lowest BCUT2D eigenvalue weighted by atomic mass is 10.1. The summed E-state index contributed by atoms with van der Waals surface area (Å²) in [4.78, 5) is 37.5. The van der Waals surface area contributed by atoms with Gasteiger partial charge in [0.2, 0.25) is 5.91 Å². The number of pyridine rings is 1. The molecule has 0 bridgehead atoms. The lowest BCUT2D eigenvalue weighted by molar-refractivity contribution is -0.117. The molecular weight excluding hydrogens is 394 g/mol. The zero-order chi connectivity index (χ0) is 21.6. The standard InChI is InChI=1S/C23H21N5O3/c29-21(16-28-23(31)27-15-7-6-12-20(27)26-28)25-19-11-5-4-10-18(19)22(30)24-14-13-17-8-2-1-3-9-17/h1-12,15H,13-14,16H2,(H,24,30)(H,25,29). The zero-order valence-electron chi connectivity index (χ0n) is 16.7. The Kier molecular flexibility index (Phi) is 5.89. The van der Waals surface area contributed by atoms with Crippen molar-refractivity contribution < 1.29 is 9.59 Å². The normalized spacial score (nSPS) is 10.7. The summed E-state index contributed by atoms with van der Waals surface area (Å²) in [6.45, 7) is 0.215. The van der Waals surface area contributed by atoms with Gasteiger partial charge in [-0.05, 0) is 36.2 Å². The van der Waals surface area contributed by atoms with Gasteiger partial charge in [0.1, 0.15) is 6.54 Å². The van der Waals surface area contributed by atoms with Crippen LogP contribution in [-0.4, -0.2) is 32.5 Å². The summed E-state index contributed by atoms with van der Waals surface area (Å²) in [5.74, 6) is -0.730. The Morgan fingerprint density at radius 3 is 2.45 bits per heavy atom. The van der Waals surface area contributed by atoms with Crippen molar-refractivity contribution in [3.8, 4) is 0 Å². The number of rotatable bonds is 7. The molecule has 0 spiro atoms. The number of amides is 2. The van der Waals surface area contributed by atoms with E-state index in [-0.39, 0.29) is 12.5 Å². The first-order valence-electron chi connectivity index (χ1n) is 9.87. The first-order chi connectivity index (χ1) is 15.1. The minimum absolute atomic E-state index is 0.259. The van der Waals surface area contributed by atoms with Crippen molar-refractivity contribution in [2.75, 3.05) is 11.9 Å². The van der Waals surface area contributed by atoms with Gasteiger partial charge in [0.05, 0.1) is 11.3 Å². The van der Waals surface area contributed by atoms with Crippen LogP contribution in [0.15, 0.2) is 83.8 Å². The number of para-hydroxylation sites is 1. The molecule has 31 heavy (non-hydrogen) atoms. The Hall–Kier alpha value is -4.20. The molecule has 0 saturated carbocycles. The number of hydrogen-bond donors (Lipinski definition) is 2. The van der Waals surface area contributed by atoms with Crippen molar-refractivity contribution in [1.29, 1.82) is 0 Å². The van der Waals surface area contributed by atoms with Crippen molar-refractivity contribution in [2.24, 2.45) is 0 Å². The summed E-state index contributed by atoms with van der Waals surface area (Å²) >= 11 is 0. The average Bonchev–Trinajstić information content (AvgIpc) is 3.10. The van der Waals surface area contributed by atoms with Gasteiger partial charge in [-0.15, -0.1) is 5.10 Å². The zero-order valence-corrected chi connectivity index (χ0v) is 16.7. The highest BCUT2D eigenvalue weighted by Gasteiger charge is 2.15. The van der Waals surface area contributed by atoms with Gasteiger partial charge < -0.3 is 10.6 Å². The molecule has 0 unspecified atom stereocenters. The summed E-state index contributed by atoms with van der Waals surface area (Å²) in [5, 5.41) is 9.74. The van der Waals surface area contributed by atoms with Crippen LogP contribution in [0.25, 0.3) is 5.65 Å². The topological polar surface area (TPSA) is 97.5 Å². The van der Waals surface area contributed by atoms with Crippen LogP contribution < -0.4 is 16.3 Å². The second-order valence-corrected chi connectivity index (χ2v) is 6.95. The highest BCUT2D eigenvalue weighted by molar-refractivity contribution is 6.03. The molecule has 156 valence electrons. The molecule has 0 aliphatic carbocycles. The third-order valence-electron chi connectivity index (χ3n) is 4.77. The highest BCUT2D eigenvalue weighted by atomic mass is 16.2. The second kappa shape index (κ2) is 9.08. The average molecular weight is 415 g/mol. The van der Waals surface area contributed by atoms with Crippen molar-refractivity contribution in [3.05, 3.63) is 101 Å². The molecule has 2 heterocycles. The van der Waals surface area contributed by atoms with Gasteiger partial charge in [0, 0.05) is 12.7 Å². The molecule has 4 aromatic rings. The summed E-state index contributed by atoms with van der Waals surface area (Å²) in [6.07, 6.45) is 2.30. The molecule has 0 aliphatic rings. The van der Waals surface area contributed by atoms with Crippen LogP contribution >= 0.6 is 0 Å². The van der Waals surface area contributed by atoms with Crippen LogP contribution in [0.4, 0.5) is 5.69 Å². The van der Waals surface area contributed by atoms with E-state index < -0.39 is 11.6 Å². The monoisotopic (exact) mass is 415 g/mol. The van der Waals surface area contributed by atoms with Crippen LogP contribution in [0.3, 0.4) is 0 Å². The van der Waals surface area contributed by atoms with Gasteiger partial charge in [0.15, 0.2) is 5.65 Å². The fraction of sp³-hybridized carbons (Fsp3) is 0.130. The summed E-state index contributed by atoms with van der Waals surface area (Å²) < 4.78 is 2.45. The molecule has 0 fully saturated rings. The number of anilines is 1. The van der Waals surface area contributed by atoms with E-state index in [1.807, 2.05) is 30.3 Å². The fourth-order valence-electron chi connectivity index (χ4n) is 3.25. The third kappa shape index (κ3) is 4.69. The molecule has 4 rings (SSSR count). The van der Waals surface area contributed by atoms with Gasteiger partial charge in [-0.1, -0.05) is 48.5 Å². The number of hydrogen-bond acceptors (Lipinski definition) is 4. The maximum absolute atomic E-state index is 12.6. The van der Waals surface area contributed by atoms with Gasteiger partial charge in [-0.3, -0.25) is 14.0 Å². The van der Waals surface area contributed by atoms with Gasteiger partial charge in [-0.25, -0.2) is 9.48 Å². The van der Waals surface area contributed by atoms with Gasteiger partial charge in [0.25, 0.3) is 5.91 Å². The molecule has 2 aromatic carbocycles. The molecule has 8 nitrogen and oxygen atoms in total. The van der Waals surface area contributed by atoms with E-state index >= 15 is 0 Å². The van der Waals surface area contributed by atoms with E-state index in [0.717, 1.165) is 10.2 Å². The van der Waals surface area contributed by atoms with E-state index in [4.69, 9.17) is 0 Å². The number of benzene rings is 2. The molecule has 0 aliphatic heterocycles. The number of carbonyl (C=O) groups is 2.